The molecule has 1 aliphatic rings. The summed E-state index contributed by atoms with van der Waals surface area (Å²) in [6.45, 7) is 3.60. The third-order valence-electron chi connectivity index (χ3n) is 4.69. The van der Waals surface area contributed by atoms with Crippen molar-refractivity contribution >= 4 is 27.1 Å². The van der Waals surface area contributed by atoms with E-state index in [0.717, 1.165) is 0 Å². The van der Waals surface area contributed by atoms with Gasteiger partial charge in [-0.3, -0.25) is 14.9 Å². The monoisotopic (exact) mass is 420 g/mol. The zero-order valence-electron chi connectivity index (χ0n) is 15.9. The Hall–Kier alpha value is -3.14. The molecule has 0 aromatic heterocycles. The van der Waals surface area contributed by atoms with E-state index in [2.05, 4.69) is 5.32 Å². The molecule has 1 heterocycles. The summed E-state index contributed by atoms with van der Waals surface area (Å²) in [5.41, 5.74) is 0.776. The minimum absolute atomic E-state index is 0.161. The van der Waals surface area contributed by atoms with Crippen LogP contribution in [0.2, 0.25) is 0 Å². The third kappa shape index (κ3) is 4.48. The molecular formula is C19H20N2O7S. The number of benzene rings is 2. The Morgan fingerprint density at radius 1 is 1.21 bits per heavy atom. The molecule has 154 valence electrons. The van der Waals surface area contributed by atoms with E-state index < -0.39 is 31.7 Å². The lowest BCUT2D eigenvalue weighted by atomic mass is 10.1. The van der Waals surface area contributed by atoms with Crippen LogP contribution in [0.25, 0.3) is 0 Å². The Kier molecular flexibility index (Phi) is 5.73. The molecular weight excluding hydrogens is 400 g/mol. The largest absolute Gasteiger partial charge is 0.486 e. The van der Waals surface area contributed by atoms with Crippen molar-refractivity contribution in [3.63, 3.8) is 0 Å². The number of nitrogens with one attached hydrogen (secondary N) is 1. The van der Waals surface area contributed by atoms with Gasteiger partial charge >= 0.3 is 0 Å². The molecule has 29 heavy (non-hydrogen) atoms. The first-order chi connectivity index (χ1) is 13.7. The molecule has 1 atom stereocenters. The fourth-order valence-electron chi connectivity index (χ4n) is 2.89. The summed E-state index contributed by atoms with van der Waals surface area (Å²) in [6.07, 6.45) is 0. The van der Waals surface area contributed by atoms with Crippen LogP contribution in [0.4, 0.5) is 11.4 Å². The highest BCUT2D eigenvalue weighted by atomic mass is 32.2. The fourth-order valence-corrected chi connectivity index (χ4v) is 4.28. The van der Waals surface area contributed by atoms with Crippen LogP contribution in [-0.4, -0.2) is 37.7 Å². The maximum atomic E-state index is 12.7. The lowest BCUT2D eigenvalue weighted by Gasteiger charge is -2.19. The lowest BCUT2D eigenvalue weighted by molar-refractivity contribution is -0.385. The molecule has 0 radical (unpaired) electrons. The summed E-state index contributed by atoms with van der Waals surface area (Å²) < 4.78 is 36.3. The predicted molar refractivity (Wildman–Crippen MR) is 106 cm³/mol. The first kappa shape index (κ1) is 20.6. The van der Waals surface area contributed by atoms with Crippen LogP contribution in [0, 0.1) is 17.0 Å². The van der Waals surface area contributed by atoms with Crippen molar-refractivity contribution in [2.45, 2.75) is 24.9 Å². The van der Waals surface area contributed by atoms with Crippen molar-refractivity contribution in [2.24, 2.45) is 0 Å². The van der Waals surface area contributed by atoms with Gasteiger partial charge in [-0.1, -0.05) is 12.1 Å². The number of nitrogens with zero attached hydrogens (tertiary/aromatic N) is 1. The van der Waals surface area contributed by atoms with E-state index >= 15 is 0 Å². The number of hydrogen-bond donors (Lipinski definition) is 1. The predicted octanol–water partition coefficient (Wildman–Crippen LogP) is 2.62. The molecule has 0 saturated heterocycles. The molecule has 10 heteroatoms. The van der Waals surface area contributed by atoms with Crippen LogP contribution >= 0.6 is 0 Å². The number of nitro groups is 1. The van der Waals surface area contributed by atoms with Crippen LogP contribution in [0.5, 0.6) is 11.5 Å². The highest BCUT2D eigenvalue weighted by Gasteiger charge is 2.30. The molecule has 3 rings (SSSR count). The van der Waals surface area contributed by atoms with Gasteiger partial charge in [0.2, 0.25) is 5.91 Å². The number of rotatable bonds is 6. The van der Waals surface area contributed by atoms with Crippen molar-refractivity contribution < 1.29 is 27.6 Å². The van der Waals surface area contributed by atoms with Gasteiger partial charge in [0.25, 0.3) is 5.69 Å². The smallest absolute Gasteiger partial charge is 0.272 e. The quantitative estimate of drug-likeness (QED) is 0.562. The first-order valence-electron chi connectivity index (χ1n) is 8.84. The Morgan fingerprint density at radius 3 is 2.59 bits per heavy atom. The molecule has 1 N–H and O–H groups in total. The summed E-state index contributed by atoms with van der Waals surface area (Å²) in [5.74, 6) is -0.159. The van der Waals surface area contributed by atoms with Crippen LogP contribution in [-0.2, 0) is 20.4 Å². The molecule has 0 saturated carbocycles. The number of amides is 1. The van der Waals surface area contributed by atoms with Gasteiger partial charge in [-0.25, -0.2) is 8.42 Å². The number of anilines is 1. The molecule has 0 spiro atoms. The van der Waals surface area contributed by atoms with Gasteiger partial charge in [0.05, 0.1) is 10.7 Å². The standard InChI is InChI=1S/C19H20N2O7S/c1-12-14(4-3-5-16(12)21(23)24)11-29(25,26)13(2)19(22)20-15-6-7-17-18(10-15)28-9-8-27-17/h3-7,10,13H,8-9,11H2,1-2H3,(H,20,22)/t13-/m0/s1. The first-order valence-corrected chi connectivity index (χ1v) is 10.6. The number of carbonyl (C=O) groups excluding carboxylic acids is 1. The second-order valence-electron chi connectivity index (χ2n) is 6.62. The molecule has 9 nitrogen and oxygen atoms in total. The van der Waals surface area contributed by atoms with E-state index in [1.54, 1.807) is 18.2 Å². The van der Waals surface area contributed by atoms with E-state index in [9.17, 15) is 23.3 Å². The second-order valence-corrected chi connectivity index (χ2v) is 8.94. The maximum absolute atomic E-state index is 12.7. The normalized spacial score (nSPS) is 14.1. The molecule has 0 bridgehead atoms. The van der Waals surface area contributed by atoms with Crippen molar-refractivity contribution in [2.75, 3.05) is 18.5 Å². The zero-order chi connectivity index (χ0) is 21.2. The highest BCUT2D eigenvalue weighted by Crippen LogP contribution is 2.32. The van der Waals surface area contributed by atoms with E-state index in [0.29, 0.717) is 30.4 Å². The Bertz CT molecular complexity index is 1070. The van der Waals surface area contributed by atoms with E-state index in [1.807, 2.05) is 0 Å². The van der Waals surface area contributed by atoms with Crippen molar-refractivity contribution in [3.05, 3.63) is 57.6 Å². The summed E-state index contributed by atoms with van der Waals surface area (Å²) >= 11 is 0. The Balaban J connectivity index is 1.75. The maximum Gasteiger partial charge on any atom is 0.272 e. The topological polar surface area (TPSA) is 125 Å². The van der Waals surface area contributed by atoms with Gasteiger partial charge in [0.15, 0.2) is 21.3 Å². The fraction of sp³-hybridized carbons (Fsp3) is 0.316. The van der Waals surface area contributed by atoms with E-state index in [1.165, 1.54) is 32.0 Å². The highest BCUT2D eigenvalue weighted by molar-refractivity contribution is 7.92. The number of fused-ring (bicyclic) bond motifs is 1. The Labute approximate surface area is 167 Å². The average molecular weight is 420 g/mol. The molecule has 0 aliphatic carbocycles. The molecule has 1 aliphatic heterocycles. The number of carbonyl (C=O) groups is 1. The minimum Gasteiger partial charge on any atom is -0.486 e. The lowest BCUT2D eigenvalue weighted by Crippen LogP contribution is -2.33. The minimum atomic E-state index is -3.91. The molecule has 2 aromatic rings. The van der Waals surface area contributed by atoms with Gasteiger partial charge in [0, 0.05) is 23.4 Å². The van der Waals surface area contributed by atoms with Gasteiger partial charge in [-0.2, -0.15) is 0 Å². The molecule has 2 aromatic carbocycles. The van der Waals surface area contributed by atoms with Crippen LogP contribution in [0.15, 0.2) is 36.4 Å². The van der Waals surface area contributed by atoms with Crippen molar-refractivity contribution in [3.8, 4) is 11.5 Å². The van der Waals surface area contributed by atoms with Crippen LogP contribution < -0.4 is 14.8 Å². The third-order valence-corrected chi connectivity index (χ3v) is 6.69. The summed E-state index contributed by atoms with van der Waals surface area (Å²) in [5, 5.41) is 12.3. The van der Waals surface area contributed by atoms with Crippen molar-refractivity contribution in [1.82, 2.24) is 0 Å². The number of nitro benzene ring substituents is 1. The molecule has 1 amide bonds. The Morgan fingerprint density at radius 2 is 1.90 bits per heavy atom. The number of ether oxygens (including phenoxy) is 2. The van der Waals surface area contributed by atoms with Gasteiger partial charge < -0.3 is 14.8 Å². The zero-order valence-corrected chi connectivity index (χ0v) is 16.7. The SMILES string of the molecule is Cc1c(CS(=O)(=O)[C@@H](C)C(=O)Nc2ccc3c(c2)OCCO3)cccc1[N+](=O)[O-]. The summed E-state index contributed by atoms with van der Waals surface area (Å²) in [4.78, 5) is 23.0. The van der Waals surface area contributed by atoms with Crippen LogP contribution in [0.3, 0.4) is 0 Å². The van der Waals surface area contributed by atoms with Gasteiger partial charge in [-0.15, -0.1) is 0 Å². The van der Waals surface area contributed by atoms with Crippen molar-refractivity contribution in [1.29, 1.82) is 0 Å². The summed E-state index contributed by atoms with van der Waals surface area (Å²) in [6, 6.07) is 9.03. The van der Waals surface area contributed by atoms with Crippen LogP contribution in [0.1, 0.15) is 18.1 Å². The number of hydrogen-bond acceptors (Lipinski definition) is 7. The summed E-state index contributed by atoms with van der Waals surface area (Å²) in [7, 11) is -3.91. The number of sulfone groups is 1. The second kappa shape index (κ2) is 8.08. The van der Waals surface area contributed by atoms with Gasteiger partial charge in [-0.05, 0) is 31.5 Å². The molecule has 0 fully saturated rings. The van der Waals surface area contributed by atoms with E-state index in [4.69, 9.17) is 9.47 Å². The van der Waals surface area contributed by atoms with Gasteiger partial charge in [0.1, 0.15) is 18.5 Å². The average Bonchev–Trinajstić information content (AvgIpc) is 2.68. The van der Waals surface area contributed by atoms with E-state index in [-0.39, 0.29) is 16.8 Å². The molecule has 0 unspecified atom stereocenters.